The van der Waals surface area contributed by atoms with Crippen molar-refractivity contribution in [2.75, 3.05) is 6.54 Å². The molecule has 2 rings (SSSR count). The smallest absolute Gasteiger partial charge is 0.303 e. The van der Waals surface area contributed by atoms with Gasteiger partial charge in [-0.15, -0.1) is 0 Å². The molecule has 0 saturated heterocycles. The lowest BCUT2D eigenvalue weighted by Crippen LogP contribution is -2.53. The van der Waals surface area contributed by atoms with Gasteiger partial charge in [0.15, 0.2) is 5.96 Å². The SMILES string of the molecule is Cc1ncc(C(CCCCCCC(=O)NC2=NCCC(C)(C)N2)CC(=O)O)cn1. The molecule has 8 heteroatoms. The number of nitrogens with one attached hydrogen (secondary N) is 2. The van der Waals surface area contributed by atoms with E-state index >= 15 is 0 Å². The number of carboxylic acid groups (broad SMARTS) is 1. The van der Waals surface area contributed by atoms with Crippen LogP contribution in [-0.4, -0.2) is 45.0 Å². The fourth-order valence-corrected chi connectivity index (χ4v) is 3.38. The van der Waals surface area contributed by atoms with Crippen molar-refractivity contribution in [3.63, 3.8) is 0 Å². The Morgan fingerprint density at radius 1 is 1.21 bits per heavy atom. The van der Waals surface area contributed by atoms with Crippen LogP contribution in [0.3, 0.4) is 0 Å². The molecule has 0 fully saturated rings. The average molecular weight is 404 g/mol. The Morgan fingerprint density at radius 2 is 1.90 bits per heavy atom. The molecule has 0 bridgehead atoms. The van der Waals surface area contributed by atoms with Gasteiger partial charge in [0.2, 0.25) is 5.91 Å². The maximum Gasteiger partial charge on any atom is 0.303 e. The highest BCUT2D eigenvalue weighted by Gasteiger charge is 2.23. The molecule has 1 aliphatic heterocycles. The molecular formula is C21H33N5O3. The minimum Gasteiger partial charge on any atom is -0.481 e. The van der Waals surface area contributed by atoms with Crippen molar-refractivity contribution in [1.29, 1.82) is 0 Å². The molecule has 0 aliphatic carbocycles. The number of aliphatic imine (C=N–C) groups is 1. The third-order valence-corrected chi connectivity index (χ3v) is 5.12. The van der Waals surface area contributed by atoms with E-state index in [0.717, 1.165) is 50.6 Å². The molecule has 0 saturated carbocycles. The van der Waals surface area contributed by atoms with Crippen LogP contribution in [0.1, 0.15) is 82.5 Å². The summed E-state index contributed by atoms with van der Waals surface area (Å²) in [5.74, 6) is 0.349. The maximum absolute atomic E-state index is 12.1. The molecule has 0 aromatic carbocycles. The number of carbonyl (C=O) groups excluding carboxylic acids is 1. The van der Waals surface area contributed by atoms with Crippen LogP contribution in [0.5, 0.6) is 0 Å². The maximum atomic E-state index is 12.1. The van der Waals surface area contributed by atoms with Crippen molar-refractivity contribution in [3.8, 4) is 0 Å². The molecular weight excluding hydrogens is 370 g/mol. The quantitative estimate of drug-likeness (QED) is 0.517. The summed E-state index contributed by atoms with van der Waals surface area (Å²) in [4.78, 5) is 35.9. The molecule has 1 aromatic heterocycles. The highest BCUT2D eigenvalue weighted by Crippen LogP contribution is 2.25. The topological polar surface area (TPSA) is 117 Å². The lowest BCUT2D eigenvalue weighted by molar-refractivity contribution is -0.137. The van der Waals surface area contributed by atoms with E-state index in [2.05, 4.69) is 39.4 Å². The summed E-state index contributed by atoms with van der Waals surface area (Å²) in [5.41, 5.74) is 0.834. The van der Waals surface area contributed by atoms with Crippen LogP contribution in [0.2, 0.25) is 0 Å². The molecule has 0 spiro atoms. The number of rotatable bonds is 10. The molecule has 1 aliphatic rings. The number of aromatic nitrogens is 2. The van der Waals surface area contributed by atoms with Crippen LogP contribution >= 0.6 is 0 Å². The monoisotopic (exact) mass is 403 g/mol. The zero-order valence-electron chi connectivity index (χ0n) is 17.7. The van der Waals surface area contributed by atoms with E-state index in [1.807, 2.05) is 6.92 Å². The second kappa shape index (κ2) is 10.9. The van der Waals surface area contributed by atoms with Gasteiger partial charge >= 0.3 is 5.97 Å². The first-order valence-corrected chi connectivity index (χ1v) is 10.4. The van der Waals surface area contributed by atoms with Gasteiger partial charge in [0.25, 0.3) is 0 Å². The Kier molecular flexibility index (Phi) is 8.54. The van der Waals surface area contributed by atoms with E-state index in [4.69, 9.17) is 5.11 Å². The molecule has 8 nitrogen and oxygen atoms in total. The second-order valence-electron chi connectivity index (χ2n) is 8.35. The van der Waals surface area contributed by atoms with Crippen molar-refractivity contribution in [1.82, 2.24) is 20.6 Å². The molecule has 0 radical (unpaired) electrons. The first kappa shape index (κ1) is 22.8. The molecule has 160 valence electrons. The number of aliphatic carboxylic acids is 1. The molecule has 3 N–H and O–H groups in total. The Bertz CT molecular complexity index is 716. The van der Waals surface area contributed by atoms with Crippen molar-refractivity contribution >= 4 is 17.8 Å². The van der Waals surface area contributed by atoms with Crippen LogP contribution < -0.4 is 10.6 Å². The zero-order chi connectivity index (χ0) is 21.3. The number of aryl methyl sites for hydroxylation is 1. The summed E-state index contributed by atoms with van der Waals surface area (Å²) in [7, 11) is 0. The lowest BCUT2D eigenvalue weighted by atomic mass is 9.92. The van der Waals surface area contributed by atoms with Crippen LogP contribution in [-0.2, 0) is 9.59 Å². The molecule has 29 heavy (non-hydrogen) atoms. The standard InChI is InChI=1S/C21H33N5O3/c1-15-23-13-17(14-24-15)16(12-19(28)29)8-6-4-5-7-9-18(27)25-20-22-11-10-21(2,3)26-20/h13-14,16H,4-12H2,1-3H3,(H,28,29)(H2,22,25,26,27). The van der Waals surface area contributed by atoms with E-state index < -0.39 is 5.97 Å². The number of amides is 1. The van der Waals surface area contributed by atoms with Gasteiger partial charge < -0.3 is 10.4 Å². The van der Waals surface area contributed by atoms with Gasteiger partial charge in [-0.1, -0.05) is 19.3 Å². The second-order valence-corrected chi connectivity index (χ2v) is 8.35. The number of nitrogens with zero attached hydrogens (tertiary/aromatic N) is 3. The number of carboxylic acids is 1. The lowest BCUT2D eigenvalue weighted by Gasteiger charge is -2.31. The van der Waals surface area contributed by atoms with Crippen molar-refractivity contribution < 1.29 is 14.7 Å². The molecule has 1 atom stereocenters. The highest BCUT2D eigenvalue weighted by molar-refractivity contribution is 5.97. The van der Waals surface area contributed by atoms with Gasteiger partial charge in [-0.25, -0.2) is 9.97 Å². The van der Waals surface area contributed by atoms with Crippen LogP contribution in [0.4, 0.5) is 0 Å². The predicted molar refractivity (Wildman–Crippen MR) is 112 cm³/mol. The first-order valence-electron chi connectivity index (χ1n) is 10.4. The van der Waals surface area contributed by atoms with Gasteiger partial charge in [-0.2, -0.15) is 0 Å². The summed E-state index contributed by atoms with van der Waals surface area (Å²) >= 11 is 0. The van der Waals surface area contributed by atoms with Crippen LogP contribution in [0.25, 0.3) is 0 Å². The minimum atomic E-state index is -0.810. The molecule has 1 unspecified atom stereocenters. The molecule has 2 heterocycles. The molecule has 1 amide bonds. The van der Waals surface area contributed by atoms with E-state index in [-0.39, 0.29) is 23.8 Å². The van der Waals surface area contributed by atoms with E-state index in [9.17, 15) is 9.59 Å². The van der Waals surface area contributed by atoms with Gasteiger partial charge in [0, 0.05) is 30.9 Å². The minimum absolute atomic E-state index is 0.0190. The number of unbranched alkanes of at least 4 members (excludes halogenated alkanes) is 3. The van der Waals surface area contributed by atoms with E-state index in [1.54, 1.807) is 12.4 Å². The highest BCUT2D eigenvalue weighted by atomic mass is 16.4. The number of guanidine groups is 1. The fourth-order valence-electron chi connectivity index (χ4n) is 3.38. The Labute approximate surface area is 172 Å². The zero-order valence-corrected chi connectivity index (χ0v) is 17.7. The van der Waals surface area contributed by atoms with E-state index in [0.29, 0.717) is 18.2 Å². The Hall–Kier alpha value is -2.51. The largest absolute Gasteiger partial charge is 0.481 e. The number of carbonyl (C=O) groups is 2. The normalized spacial score (nSPS) is 16.4. The first-order chi connectivity index (χ1) is 13.7. The summed E-state index contributed by atoms with van der Waals surface area (Å²) in [6.07, 6.45) is 9.34. The summed E-state index contributed by atoms with van der Waals surface area (Å²) < 4.78 is 0. The Morgan fingerprint density at radius 3 is 2.55 bits per heavy atom. The Balaban J connectivity index is 1.65. The summed E-state index contributed by atoms with van der Waals surface area (Å²) in [5, 5.41) is 15.3. The van der Waals surface area contributed by atoms with E-state index in [1.165, 1.54) is 0 Å². The van der Waals surface area contributed by atoms with Gasteiger partial charge in [-0.3, -0.25) is 19.9 Å². The van der Waals surface area contributed by atoms with Crippen LogP contribution in [0.15, 0.2) is 17.4 Å². The number of hydrogen-bond acceptors (Lipinski definition) is 6. The van der Waals surface area contributed by atoms with Crippen LogP contribution in [0, 0.1) is 6.92 Å². The van der Waals surface area contributed by atoms with Crippen molar-refractivity contribution in [3.05, 3.63) is 23.8 Å². The average Bonchev–Trinajstić information content (AvgIpc) is 2.63. The summed E-state index contributed by atoms with van der Waals surface area (Å²) in [6, 6.07) is 0. The number of hydrogen-bond donors (Lipinski definition) is 3. The van der Waals surface area contributed by atoms with Crippen molar-refractivity contribution in [2.45, 2.75) is 83.6 Å². The summed E-state index contributed by atoms with van der Waals surface area (Å²) in [6.45, 7) is 6.71. The van der Waals surface area contributed by atoms with Gasteiger partial charge in [0.05, 0.1) is 6.42 Å². The fraction of sp³-hybridized carbons (Fsp3) is 0.667. The van der Waals surface area contributed by atoms with Gasteiger partial charge in [-0.05, 0) is 51.5 Å². The molecule has 1 aromatic rings. The third kappa shape index (κ3) is 8.58. The third-order valence-electron chi connectivity index (χ3n) is 5.12. The van der Waals surface area contributed by atoms with Crippen molar-refractivity contribution in [2.24, 2.45) is 4.99 Å². The predicted octanol–water partition coefficient (Wildman–Crippen LogP) is 2.93. The van der Waals surface area contributed by atoms with Gasteiger partial charge in [0.1, 0.15) is 5.82 Å².